The van der Waals surface area contributed by atoms with Gasteiger partial charge in [-0.05, 0) is 70.2 Å². The average molecular weight is 568 g/mol. The van der Waals surface area contributed by atoms with Crippen LogP contribution in [0.1, 0.15) is 5.56 Å². The highest BCUT2D eigenvalue weighted by molar-refractivity contribution is 5.97. The van der Waals surface area contributed by atoms with Crippen LogP contribution in [0.3, 0.4) is 0 Å². The molecule has 11 heteroatoms. The van der Waals surface area contributed by atoms with E-state index in [1.165, 1.54) is 18.2 Å². The van der Waals surface area contributed by atoms with Crippen LogP contribution in [0.4, 0.5) is 14.5 Å². The van der Waals surface area contributed by atoms with Gasteiger partial charge in [0.25, 0.3) is 0 Å². The molecule has 0 bridgehead atoms. The van der Waals surface area contributed by atoms with Crippen molar-refractivity contribution in [1.29, 1.82) is 0 Å². The molecule has 3 N–H and O–H groups in total. The van der Waals surface area contributed by atoms with Crippen LogP contribution >= 0.6 is 0 Å². The van der Waals surface area contributed by atoms with Gasteiger partial charge in [-0.25, -0.2) is 13.8 Å². The molecule has 0 fully saturated rings. The summed E-state index contributed by atoms with van der Waals surface area (Å²) in [6.07, 6.45) is 5.10. The van der Waals surface area contributed by atoms with Crippen LogP contribution in [-0.4, -0.2) is 81.2 Å². The van der Waals surface area contributed by atoms with E-state index in [0.29, 0.717) is 69.1 Å². The second kappa shape index (κ2) is 11.3. The zero-order valence-electron chi connectivity index (χ0n) is 23.8. The fourth-order valence-corrected chi connectivity index (χ4v) is 5.04. The highest BCUT2D eigenvalue weighted by Crippen LogP contribution is 2.34. The molecule has 4 aromatic heterocycles. The summed E-state index contributed by atoms with van der Waals surface area (Å²) in [7, 11) is 7.92. The summed E-state index contributed by atoms with van der Waals surface area (Å²) in [6, 6.07) is 11.7. The van der Waals surface area contributed by atoms with Crippen molar-refractivity contribution in [1.82, 2.24) is 39.9 Å². The molecule has 2 aromatic carbocycles. The number of anilines is 1. The number of pyridine rings is 2. The van der Waals surface area contributed by atoms with Crippen molar-refractivity contribution in [3.63, 3.8) is 0 Å². The Hall–Kier alpha value is -4.74. The molecular formula is C31H31F2N9. The summed E-state index contributed by atoms with van der Waals surface area (Å²) >= 11 is 0. The van der Waals surface area contributed by atoms with Crippen molar-refractivity contribution in [3.8, 4) is 33.9 Å². The van der Waals surface area contributed by atoms with Gasteiger partial charge in [0, 0.05) is 72.1 Å². The van der Waals surface area contributed by atoms with Gasteiger partial charge in [0.2, 0.25) is 0 Å². The van der Waals surface area contributed by atoms with E-state index in [4.69, 9.17) is 4.98 Å². The number of aromatic nitrogens is 6. The highest BCUT2D eigenvalue weighted by Gasteiger charge is 2.19. The third kappa shape index (κ3) is 5.56. The first-order chi connectivity index (χ1) is 20.2. The normalized spacial score (nSPS) is 11.8. The lowest BCUT2D eigenvalue weighted by Gasteiger charge is -2.12. The van der Waals surface area contributed by atoms with E-state index in [0.717, 1.165) is 17.6 Å². The van der Waals surface area contributed by atoms with E-state index < -0.39 is 0 Å². The van der Waals surface area contributed by atoms with Crippen molar-refractivity contribution >= 4 is 27.6 Å². The minimum absolute atomic E-state index is 0.369. The van der Waals surface area contributed by atoms with Crippen LogP contribution in [0.5, 0.6) is 0 Å². The Morgan fingerprint density at radius 1 is 0.881 bits per heavy atom. The summed E-state index contributed by atoms with van der Waals surface area (Å²) in [4.78, 5) is 21.1. The maximum Gasteiger partial charge on any atom is 0.159 e. The monoisotopic (exact) mass is 567 g/mol. The molecule has 0 unspecified atom stereocenters. The van der Waals surface area contributed by atoms with Gasteiger partial charge in [-0.1, -0.05) is 0 Å². The summed E-state index contributed by atoms with van der Waals surface area (Å²) in [5, 5.41) is 11.4. The summed E-state index contributed by atoms with van der Waals surface area (Å²) in [5.74, 6) is -0.256. The lowest BCUT2D eigenvalue weighted by molar-refractivity contribution is 0.402. The quantitative estimate of drug-likeness (QED) is 0.211. The summed E-state index contributed by atoms with van der Waals surface area (Å²) in [6.45, 7) is 2.17. The van der Waals surface area contributed by atoms with Gasteiger partial charge < -0.3 is 20.1 Å². The van der Waals surface area contributed by atoms with E-state index in [9.17, 15) is 4.39 Å². The molecular weight excluding hydrogens is 536 g/mol. The number of imidazole rings is 1. The van der Waals surface area contributed by atoms with Crippen LogP contribution in [0.25, 0.3) is 55.8 Å². The van der Waals surface area contributed by atoms with Crippen molar-refractivity contribution in [3.05, 3.63) is 78.3 Å². The largest absolute Gasteiger partial charge is 0.384 e. The third-order valence-electron chi connectivity index (χ3n) is 6.94. The number of H-pyrrole nitrogens is 2. The second-order valence-corrected chi connectivity index (χ2v) is 10.9. The Morgan fingerprint density at radius 3 is 2.55 bits per heavy atom. The molecule has 0 amide bonds. The topological polar surface area (TPSA) is 102 Å². The molecule has 42 heavy (non-hydrogen) atoms. The number of nitrogens with one attached hydrogen (secondary N) is 3. The van der Waals surface area contributed by atoms with Crippen LogP contribution in [0.15, 0.2) is 61.1 Å². The average Bonchev–Trinajstić information content (AvgIpc) is 3.55. The van der Waals surface area contributed by atoms with Crippen molar-refractivity contribution in [2.24, 2.45) is 0 Å². The molecule has 6 aromatic rings. The van der Waals surface area contributed by atoms with E-state index >= 15 is 4.39 Å². The van der Waals surface area contributed by atoms with Gasteiger partial charge in [0.05, 0.1) is 16.7 Å². The molecule has 4 heterocycles. The second-order valence-electron chi connectivity index (χ2n) is 10.9. The molecule has 0 aliphatic rings. The standard InChI is InChI=1S/C31H31F2N9/c1-41(2)8-7-35-22-11-19(10-21(32)12-22)28-30-26(5-6-36-28)37-31(38-30)29-24-13-23(25(33)14-27(24)39-40-29)20-9-18(15-34-16-20)17-42(3)4/h5-6,9-16,35H,7-8,17H2,1-4H3,(H,37,38)(H,39,40). The summed E-state index contributed by atoms with van der Waals surface area (Å²) in [5.41, 5.74) is 6.28. The van der Waals surface area contributed by atoms with Crippen LogP contribution < -0.4 is 5.32 Å². The first-order valence-corrected chi connectivity index (χ1v) is 13.6. The van der Waals surface area contributed by atoms with Crippen LogP contribution in [0, 0.1) is 11.6 Å². The lowest BCUT2D eigenvalue weighted by atomic mass is 10.0. The van der Waals surface area contributed by atoms with E-state index in [-0.39, 0.29) is 11.6 Å². The van der Waals surface area contributed by atoms with Crippen molar-refractivity contribution in [2.75, 3.05) is 46.6 Å². The molecule has 214 valence electrons. The number of likely N-dealkylation sites (N-methyl/N-ethyl adjacent to an activating group) is 1. The number of nitrogens with zero attached hydrogens (tertiary/aromatic N) is 6. The Balaban J connectivity index is 1.40. The van der Waals surface area contributed by atoms with Crippen LogP contribution in [0.2, 0.25) is 0 Å². The Kier molecular flexibility index (Phi) is 7.36. The zero-order chi connectivity index (χ0) is 29.4. The van der Waals surface area contributed by atoms with E-state index in [2.05, 4.69) is 35.4 Å². The number of rotatable bonds is 9. The number of hydrogen-bond donors (Lipinski definition) is 3. The number of benzene rings is 2. The van der Waals surface area contributed by atoms with Crippen molar-refractivity contribution < 1.29 is 8.78 Å². The molecule has 9 nitrogen and oxygen atoms in total. The van der Waals surface area contributed by atoms with Crippen LogP contribution in [-0.2, 0) is 6.54 Å². The van der Waals surface area contributed by atoms with Gasteiger partial charge in [-0.2, -0.15) is 5.10 Å². The van der Waals surface area contributed by atoms with Gasteiger partial charge in [-0.15, -0.1) is 0 Å². The Bertz CT molecular complexity index is 1890. The fourth-order valence-electron chi connectivity index (χ4n) is 5.04. The van der Waals surface area contributed by atoms with Gasteiger partial charge in [-0.3, -0.25) is 15.1 Å². The molecule has 0 radical (unpaired) electrons. The molecule has 0 aliphatic heterocycles. The SMILES string of the molecule is CN(C)CCNc1cc(F)cc(-c2nccc3[nH]c(-c4n[nH]c5cc(F)c(-c6cncc(CN(C)C)c6)cc45)nc23)c1. The number of fused-ring (bicyclic) bond motifs is 2. The van der Waals surface area contributed by atoms with E-state index in [1.807, 2.05) is 51.3 Å². The number of halogens is 2. The first kappa shape index (κ1) is 27.4. The van der Waals surface area contributed by atoms with Crippen molar-refractivity contribution in [2.45, 2.75) is 6.54 Å². The zero-order valence-corrected chi connectivity index (χ0v) is 23.8. The van der Waals surface area contributed by atoms with Gasteiger partial charge in [0.15, 0.2) is 5.82 Å². The molecule has 0 spiro atoms. The molecule has 6 rings (SSSR count). The highest BCUT2D eigenvalue weighted by atomic mass is 19.1. The Morgan fingerprint density at radius 2 is 1.74 bits per heavy atom. The first-order valence-electron chi connectivity index (χ1n) is 13.6. The molecule has 0 aliphatic carbocycles. The third-order valence-corrected chi connectivity index (χ3v) is 6.94. The molecule has 0 atom stereocenters. The molecule has 0 saturated heterocycles. The number of hydrogen-bond acceptors (Lipinski definition) is 7. The predicted molar refractivity (Wildman–Crippen MR) is 162 cm³/mol. The fraction of sp³-hybridized carbons (Fsp3) is 0.226. The van der Waals surface area contributed by atoms with E-state index in [1.54, 1.807) is 24.7 Å². The Labute approximate surface area is 241 Å². The minimum atomic E-state index is -0.376. The maximum absolute atomic E-state index is 15.2. The molecule has 0 saturated carbocycles. The predicted octanol–water partition coefficient (Wildman–Crippen LogP) is 5.54. The van der Waals surface area contributed by atoms with Gasteiger partial charge in [0.1, 0.15) is 22.8 Å². The smallest absolute Gasteiger partial charge is 0.159 e. The number of aromatic amines is 2. The minimum Gasteiger partial charge on any atom is -0.384 e. The summed E-state index contributed by atoms with van der Waals surface area (Å²) < 4.78 is 29.9. The maximum atomic E-state index is 15.2. The lowest BCUT2D eigenvalue weighted by Crippen LogP contribution is -2.20. The van der Waals surface area contributed by atoms with Gasteiger partial charge >= 0.3 is 0 Å².